The highest BCUT2D eigenvalue weighted by Crippen LogP contribution is 2.29. The number of hydrogen-bond donors (Lipinski definition) is 1. The van der Waals surface area contributed by atoms with Crippen LogP contribution in [-0.2, 0) is 14.3 Å². The summed E-state index contributed by atoms with van der Waals surface area (Å²) in [4.78, 5) is 37.0. The maximum Gasteiger partial charge on any atom is 0.306 e. The number of carbonyl (C=O) groups excluding carboxylic acids is 3. The second kappa shape index (κ2) is 11.1. The van der Waals surface area contributed by atoms with Gasteiger partial charge >= 0.3 is 5.97 Å². The maximum atomic E-state index is 12.1. The van der Waals surface area contributed by atoms with Crippen LogP contribution in [0.2, 0.25) is 0 Å². The van der Waals surface area contributed by atoms with E-state index in [-0.39, 0.29) is 18.6 Å². The third-order valence-corrected chi connectivity index (χ3v) is 4.74. The summed E-state index contributed by atoms with van der Waals surface area (Å²) >= 11 is 1.58. The van der Waals surface area contributed by atoms with E-state index in [4.69, 9.17) is 14.2 Å². The third-order valence-electron chi connectivity index (χ3n) is 4.00. The van der Waals surface area contributed by atoms with E-state index in [0.717, 1.165) is 4.90 Å². The molecule has 0 aliphatic heterocycles. The Morgan fingerprint density at radius 2 is 1.62 bits per heavy atom. The fraction of sp³-hybridized carbons (Fsp3) is 0.286. The summed E-state index contributed by atoms with van der Waals surface area (Å²) in [5, 5.41) is 2.60. The minimum absolute atomic E-state index is 0.0226. The van der Waals surface area contributed by atoms with E-state index in [1.54, 1.807) is 42.1 Å². The molecule has 29 heavy (non-hydrogen) atoms. The van der Waals surface area contributed by atoms with Crippen LogP contribution in [0.1, 0.15) is 23.2 Å². The number of methoxy groups -OCH3 is 2. The molecule has 1 N–H and O–H groups in total. The monoisotopic (exact) mass is 417 g/mol. The molecule has 7 nitrogen and oxygen atoms in total. The van der Waals surface area contributed by atoms with Gasteiger partial charge in [-0.3, -0.25) is 14.4 Å². The molecule has 0 aliphatic carbocycles. The van der Waals surface area contributed by atoms with Gasteiger partial charge in [0.1, 0.15) is 0 Å². The maximum absolute atomic E-state index is 12.1. The van der Waals surface area contributed by atoms with Crippen molar-refractivity contribution in [2.45, 2.75) is 17.7 Å². The molecule has 2 aromatic carbocycles. The molecule has 0 atom stereocenters. The molecule has 154 valence electrons. The van der Waals surface area contributed by atoms with Gasteiger partial charge in [-0.15, -0.1) is 11.8 Å². The van der Waals surface area contributed by atoms with Crippen LogP contribution in [-0.4, -0.2) is 44.7 Å². The fourth-order valence-electron chi connectivity index (χ4n) is 2.47. The number of amides is 1. The molecule has 0 unspecified atom stereocenters. The molecule has 1 amide bonds. The molecular formula is C21H23NO6S. The number of benzene rings is 2. The largest absolute Gasteiger partial charge is 0.493 e. The van der Waals surface area contributed by atoms with Crippen LogP contribution in [0.5, 0.6) is 11.5 Å². The minimum atomic E-state index is -0.610. The Bertz CT molecular complexity index is 866. The topological polar surface area (TPSA) is 90.9 Å². The number of esters is 1. The van der Waals surface area contributed by atoms with Crippen LogP contribution in [0.15, 0.2) is 47.4 Å². The first-order valence-corrected chi connectivity index (χ1v) is 10.0. The van der Waals surface area contributed by atoms with Crippen molar-refractivity contribution < 1.29 is 28.6 Å². The number of hydrogen-bond acceptors (Lipinski definition) is 7. The number of anilines is 1. The van der Waals surface area contributed by atoms with Crippen molar-refractivity contribution in [2.75, 3.05) is 32.4 Å². The van der Waals surface area contributed by atoms with Crippen LogP contribution in [0.4, 0.5) is 5.69 Å². The summed E-state index contributed by atoms with van der Waals surface area (Å²) < 4.78 is 15.2. The Morgan fingerprint density at radius 1 is 0.931 bits per heavy atom. The van der Waals surface area contributed by atoms with E-state index < -0.39 is 18.5 Å². The summed E-state index contributed by atoms with van der Waals surface area (Å²) in [6.45, 7) is -0.441. The molecule has 0 bridgehead atoms. The lowest BCUT2D eigenvalue weighted by atomic mass is 10.1. The first-order chi connectivity index (χ1) is 14.0. The third kappa shape index (κ3) is 6.83. The predicted molar refractivity (Wildman–Crippen MR) is 111 cm³/mol. The van der Waals surface area contributed by atoms with Crippen LogP contribution in [0, 0.1) is 0 Å². The highest BCUT2D eigenvalue weighted by Gasteiger charge is 2.13. The van der Waals surface area contributed by atoms with Gasteiger partial charge < -0.3 is 19.5 Å². The quantitative estimate of drug-likeness (QED) is 0.359. The van der Waals surface area contributed by atoms with Gasteiger partial charge in [0.2, 0.25) is 0 Å². The lowest BCUT2D eigenvalue weighted by Crippen LogP contribution is -2.21. The van der Waals surface area contributed by atoms with Gasteiger partial charge in [0.05, 0.1) is 20.6 Å². The Balaban J connectivity index is 1.76. The molecule has 2 aromatic rings. The first-order valence-electron chi connectivity index (χ1n) is 8.81. The minimum Gasteiger partial charge on any atom is -0.493 e. The first kappa shape index (κ1) is 22.3. The molecule has 2 rings (SSSR count). The average molecular weight is 417 g/mol. The highest BCUT2D eigenvalue weighted by molar-refractivity contribution is 7.98. The molecule has 0 aliphatic rings. The van der Waals surface area contributed by atoms with Crippen molar-refractivity contribution in [3.63, 3.8) is 0 Å². The van der Waals surface area contributed by atoms with Gasteiger partial charge in [0, 0.05) is 28.6 Å². The Kier molecular flexibility index (Phi) is 8.54. The average Bonchev–Trinajstić information content (AvgIpc) is 2.75. The second-order valence-corrected chi connectivity index (χ2v) is 6.81. The van der Waals surface area contributed by atoms with Gasteiger partial charge in [-0.25, -0.2) is 0 Å². The second-order valence-electron chi connectivity index (χ2n) is 5.93. The van der Waals surface area contributed by atoms with E-state index in [0.29, 0.717) is 22.7 Å². The smallest absolute Gasteiger partial charge is 0.306 e. The lowest BCUT2D eigenvalue weighted by Gasteiger charge is -2.10. The van der Waals surface area contributed by atoms with Crippen molar-refractivity contribution in [3.8, 4) is 11.5 Å². The summed E-state index contributed by atoms with van der Waals surface area (Å²) in [5.74, 6) is -0.258. The normalized spacial score (nSPS) is 10.2. The van der Waals surface area contributed by atoms with Crippen LogP contribution < -0.4 is 14.8 Å². The van der Waals surface area contributed by atoms with Crippen LogP contribution >= 0.6 is 11.8 Å². The zero-order chi connectivity index (χ0) is 21.2. The molecule has 0 saturated heterocycles. The van der Waals surface area contributed by atoms with Crippen LogP contribution in [0.25, 0.3) is 0 Å². The fourth-order valence-corrected chi connectivity index (χ4v) is 2.87. The molecule has 0 fully saturated rings. The van der Waals surface area contributed by atoms with Crippen molar-refractivity contribution in [3.05, 3.63) is 48.0 Å². The molecule has 0 spiro atoms. The van der Waals surface area contributed by atoms with Crippen LogP contribution in [0.3, 0.4) is 0 Å². The van der Waals surface area contributed by atoms with Crippen molar-refractivity contribution in [1.29, 1.82) is 0 Å². The molecule has 0 radical (unpaired) electrons. The SMILES string of the molecule is COc1ccc(NC(=O)COC(=O)CCC(=O)c2ccc(SC)cc2)cc1OC. The van der Waals surface area contributed by atoms with Crippen molar-refractivity contribution in [1.82, 2.24) is 0 Å². The number of carbonyl (C=O) groups is 3. The Labute approximate surface area is 173 Å². The standard InChI is InChI=1S/C21H23NO6S/c1-26-18-10-6-15(12-19(18)27-2)22-20(24)13-28-21(25)11-9-17(23)14-4-7-16(29-3)8-5-14/h4-8,10,12H,9,11,13H2,1-3H3,(H,22,24). The van der Waals surface area contributed by atoms with Crippen molar-refractivity contribution in [2.24, 2.45) is 0 Å². The molecule has 0 heterocycles. The Hall–Kier alpha value is -3.00. The summed E-state index contributed by atoms with van der Waals surface area (Å²) in [7, 11) is 3.00. The van der Waals surface area contributed by atoms with Gasteiger partial charge in [-0.1, -0.05) is 12.1 Å². The predicted octanol–water partition coefficient (Wildman–Crippen LogP) is 3.57. The molecular weight excluding hydrogens is 394 g/mol. The molecule has 0 saturated carbocycles. The molecule has 0 aromatic heterocycles. The summed E-state index contributed by atoms with van der Waals surface area (Å²) in [6.07, 6.45) is 1.88. The Morgan fingerprint density at radius 3 is 2.24 bits per heavy atom. The highest BCUT2D eigenvalue weighted by atomic mass is 32.2. The van der Waals surface area contributed by atoms with Gasteiger partial charge in [-0.05, 0) is 30.5 Å². The van der Waals surface area contributed by atoms with E-state index in [1.807, 2.05) is 18.4 Å². The number of thioether (sulfide) groups is 1. The number of rotatable bonds is 10. The van der Waals surface area contributed by atoms with Gasteiger partial charge in [0.25, 0.3) is 5.91 Å². The number of ketones is 1. The zero-order valence-corrected chi connectivity index (χ0v) is 17.3. The van der Waals surface area contributed by atoms with E-state index >= 15 is 0 Å². The molecule has 8 heteroatoms. The van der Waals surface area contributed by atoms with Gasteiger partial charge in [0.15, 0.2) is 23.9 Å². The number of ether oxygens (including phenoxy) is 3. The summed E-state index contributed by atoms with van der Waals surface area (Å²) in [6, 6.07) is 12.1. The van der Waals surface area contributed by atoms with Crippen molar-refractivity contribution >= 4 is 35.1 Å². The summed E-state index contributed by atoms with van der Waals surface area (Å²) in [5.41, 5.74) is 1.02. The van der Waals surface area contributed by atoms with E-state index in [9.17, 15) is 14.4 Å². The van der Waals surface area contributed by atoms with E-state index in [2.05, 4.69) is 5.32 Å². The van der Waals surface area contributed by atoms with E-state index in [1.165, 1.54) is 14.2 Å². The number of nitrogens with one attached hydrogen (secondary N) is 1. The number of Topliss-reactive ketones (excluding diaryl/α,β-unsaturated/α-hetero) is 1. The lowest BCUT2D eigenvalue weighted by molar-refractivity contribution is -0.147. The van der Waals surface area contributed by atoms with Gasteiger partial charge in [-0.2, -0.15) is 0 Å². The zero-order valence-electron chi connectivity index (χ0n) is 16.5.